The second-order valence-electron chi connectivity index (χ2n) is 6.77. The van der Waals surface area contributed by atoms with Gasteiger partial charge in [-0.05, 0) is 37.5 Å². The summed E-state index contributed by atoms with van der Waals surface area (Å²) in [5, 5.41) is 0. The molecule has 1 aliphatic rings. The van der Waals surface area contributed by atoms with Crippen LogP contribution in [-0.4, -0.2) is 35.8 Å². The van der Waals surface area contributed by atoms with Crippen molar-refractivity contribution < 1.29 is 14.3 Å². The number of benzene rings is 2. The third-order valence-corrected chi connectivity index (χ3v) is 4.79. The van der Waals surface area contributed by atoms with E-state index in [1.807, 2.05) is 66.4 Å². The summed E-state index contributed by atoms with van der Waals surface area (Å²) in [6, 6.07) is 17.2. The highest BCUT2D eigenvalue weighted by molar-refractivity contribution is 5.99. The van der Waals surface area contributed by atoms with Gasteiger partial charge in [0.1, 0.15) is 11.9 Å². The van der Waals surface area contributed by atoms with Gasteiger partial charge in [0.05, 0.1) is 6.54 Å². The van der Waals surface area contributed by atoms with Gasteiger partial charge in [0.25, 0.3) is 0 Å². The first-order chi connectivity index (χ1) is 12.6. The maximum Gasteiger partial charge on any atom is 0.223 e. The zero-order chi connectivity index (χ0) is 18.4. The van der Waals surface area contributed by atoms with Crippen LogP contribution in [0.5, 0.6) is 5.75 Å². The number of piperidine rings is 1. The van der Waals surface area contributed by atoms with Crippen LogP contribution < -0.4 is 4.74 Å². The largest absolute Gasteiger partial charge is 0.489 e. The highest BCUT2D eigenvalue weighted by atomic mass is 16.5. The van der Waals surface area contributed by atoms with Crippen LogP contribution in [0, 0.1) is 6.92 Å². The number of carbonyl (C=O) groups is 2. The molecule has 26 heavy (non-hydrogen) atoms. The third-order valence-electron chi connectivity index (χ3n) is 4.79. The molecule has 0 radical (unpaired) electrons. The number of Topliss-reactive ketones (excluding diaryl/α,β-unsaturated/α-hetero) is 1. The summed E-state index contributed by atoms with van der Waals surface area (Å²) in [5.41, 5.74) is 1.67. The van der Waals surface area contributed by atoms with Gasteiger partial charge >= 0.3 is 0 Å². The van der Waals surface area contributed by atoms with E-state index >= 15 is 0 Å². The Balaban J connectivity index is 1.51. The van der Waals surface area contributed by atoms with Gasteiger partial charge in [0, 0.05) is 24.9 Å². The maximum atomic E-state index is 12.5. The molecule has 1 atom stereocenters. The molecule has 1 heterocycles. The van der Waals surface area contributed by atoms with Crippen LogP contribution in [0.25, 0.3) is 0 Å². The normalized spacial score (nSPS) is 17.0. The molecule has 4 nitrogen and oxygen atoms in total. The Hall–Kier alpha value is -2.62. The standard InChI is InChI=1S/C22H25NO3/c1-17-8-5-6-12-20(17)21(24)13-14-22(25)23-15-7-11-19(16-23)26-18-9-3-2-4-10-18/h2-6,8-10,12,19H,7,11,13-16H2,1H3. The average Bonchev–Trinajstić information content (AvgIpc) is 2.67. The molecule has 136 valence electrons. The Morgan fingerprint density at radius 3 is 2.54 bits per heavy atom. The van der Waals surface area contributed by atoms with Crippen LogP contribution in [0.4, 0.5) is 0 Å². The molecule has 1 amide bonds. The van der Waals surface area contributed by atoms with Gasteiger partial charge in [-0.3, -0.25) is 9.59 Å². The average molecular weight is 351 g/mol. The molecule has 2 aromatic carbocycles. The molecule has 0 saturated carbocycles. The molecule has 0 N–H and O–H groups in total. The van der Waals surface area contributed by atoms with E-state index in [0.29, 0.717) is 12.1 Å². The van der Waals surface area contributed by atoms with E-state index in [1.165, 1.54) is 0 Å². The van der Waals surface area contributed by atoms with Gasteiger partial charge in [0.15, 0.2) is 5.78 Å². The highest BCUT2D eigenvalue weighted by Crippen LogP contribution is 2.19. The lowest BCUT2D eigenvalue weighted by Gasteiger charge is -2.33. The van der Waals surface area contributed by atoms with E-state index in [2.05, 4.69) is 0 Å². The van der Waals surface area contributed by atoms with E-state index in [9.17, 15) is 9.59 Å². The van der Waals surface area contributed by atoms with Crippen molar-refractivity contribution in [3.05, 3.63) is 65.7 Å². The molecule has 0 aromatic heterocycles. The van der Waals surface area contributed by atoms with Crippen molar-refractivity contribution in [1.82, 2.24) is 4.90 Å². The lowest BCUT2D eigenvalue weighted by molar-refractivity contribution is -0.133. The minimum Gasteiger partial charge on any atom is -0.489 e. The summed E-state index contributed by atoms with van der Waals surface area (Å²) in [4.78, 5) is 26.7. The van der Waals surface area contributed by atoms with E-state index in [4.69, 9.17) is 4.74 Å². The molecule has 1 aliphatic heterocycles. The van der Waals surface area contributed by atoms with Crippen LogP contribution in [0.15, 0.2) is 54.6 Å². The van der Waals surface area contributed by atoms with Gasteiger partial charge in [-0.2, -0.15) is 0 Å². The number of hydrogen-bond donors (Lipinski definition) is 0. The zero-order valence-corrected chi connectivity index (χ0v) is 15.2. The topological polar surface area (TPSA) is 46.6 Å². The Labute approximate surface area is 154 Å². The fraction of sp³-hybridized carbons (Fsp3) is 0.364. The van der Waals surface area contributed by atoms with Gasteiger partial charge in [-0.15, -0.1) is 0 Å². The number of rotatable bonds is 6. The van der Waals surface area contributed by atoms with Crippen LogP contribution >= 0.6 is 0 Å². The summed E-state index contributed by atoms with van der Waals surface area (Å²) >= 11 is 0. The Morgan fingerprint density at radius 1 is 1.04 bits per heavy atom. The number of carbonyl (C=O) groups excluding carboxylic acids is 2. The second-order valence-corrected chi connectivity index (χ2v) is 6.77. The number of nitrogens with zero attached hydrogens (tertiary/aromatic N) is 1. The Morgan fingerprint density at radius 2 is 1.77 bits per heavy atom. The SMILES string of the molecule is Cc1ccccc1C(=O)CCC(=O)N1CCCC(Oc2ccccc2)C1. The van der Waals surface area contributed by atoms with Crippen molar-refractivity contribution in [2.24, 2.45) is 0 Å². The fourth-order valence-electron chi connectivity index (χ4n) is 3.35. The zero-order valence-electron chi connectivity index (χ0n) is 15.2. The Kier molecular flexibility index (Phi) is 6.05. The number of para-hydroxylation sites is 1. The summed E-state index contributed by atoms with van der Waals surface area (Å²) in [7, 11) is 0. The van der Waals surface area contributed by atoms with Gasteiger partial charge in [-0.1, -0.05) is 42.5 Å². The Bertz CT molecular complexity index is 757. The molecule has 4 heteroatoms. The minimum absolute atomic E-state index is 0.0159. The smallest absolute Gasteiger partial charge is 0.223 e. The third kappa shape index (κ3) is 4.72. The van der Waals surface area contributed by atoms with Crippen molar-refractivity contribution in [2.45, 2.75) is 38.7 Å². The first kappa shape index (κ1) is 18.2. The summed E-state index contributed by atoms with van der Waals surface area (Å²) < 4.78 is 5.99. The van der Waals surface area contributed by atoms with E-state index in [-0.39, 0.29) is 30.6 Å². The van der Waals surface area contributed by atoms with Crippen molar-refractivity contribution in [1.29, 1.82) is 0 Å². The molecule has 0 bridgehead atoms. The van der Waals surface area contributed by atoms with Crippen LogP contribution in [0.3, 0.4) is 0 Å². The van der Waals surface area contributed by atoms with Gasteiger partial charge < -0.3 is 9.64 Å². The molecule has 3 rings (SSSR count). The van der Waals surface area contributed by atoms with Crippen LogP contribution in [-0.2, 0) is 4.79 Å². The molecule has 1 fully saturated rings. The number of aryl methyl sites for hydroxylation is 1. The number of ether oxygens (including phenoxy) is 1. The predicted molar refractivity (Wildman–Crippen MR) is 101 cm³/mol. The van der Waals surface area contributed by atoms with Crippen LogP contribution in [0.2, 0.25) is 0 Å². The maximum absolute atomic E-state index is 12.5. The predicted octanol–water partition coefficient (Wildman–Crippen LogP) is 4.03. The number of likely N-dealkylation sites (tertiary alicyclic amines) is 1. The number of hydrogen-bond acceptors (Lipinski definition) is 3. The molecule has 1 unspecified atom stereocenters. The molecule has 0 spiro atoms. The molecular formula is C22H25NO3. The molecule has 1 saturated heterocycles. The van der Waals surface area contributed by atoms with Crippen molar-refractivity contribution >= 4 is 11.7 Å². The van der Waals surface area contributed by atoms with E-state index in [1.54, 1.807) is 0 Å². The quantitative estimate of drug-likeness (QED) is 0.738. The van der Waals surface area contributed by atoms with Crippen molar-refractivity contribution in [3.63, 3.8) is 0 Å². The number of amides is 1. The van der Waals surface area contributed by atoms with Crippen molar-refractivity contribution in [2.75, 3.05) is 13.1 Å². The second kappa shape index (κ2) is 8.65. The molecular weight excluding hydrogens is 326 g/mol. The van der Waals surface area contributed by atoms with Crippen molar-refractivity contribution in [3.8, 4) is 5.75 Å². The summed E-state index contributed by atoms with van der Waals surface area (Å²) in [6.45, 7) is 3.25. The van der Waals surface area contributed by atoms with Gasteiger partial charge in [0.2, 0.25) is 5.91 Å². The van der Waals surface area contributed by atoms with Gasteiger partial charge in [-0.25, -0.2) is 0 Å². The first-order valence-corrected chi connectivity index (χ1v) is 9.22. The fourth-order valence-corrected chi connectivity index (χ4v) is 3.35. The van der Waals surface area contributed by atoms with E-state index in [0.717, 1.165) is 30.7 Å². The lowest BCUT2D eigenvalue weighted by Crippen LogP contribution is -2.44. The lowest BCUT2D eigenvalue weighted by atomic mass is 10.0. The minimum atomic E-state index is 0.0159. The highest BCUT2D eigenvalue weighted by Gasteiger charge is 2.25. The monoisotopic (exact) mass is 351 g/mol. The number of ketones is 1. The molecule has 0 aliphatic carbocycles. The summed E-state index contributed by atoms with van der Waals surface area (Å²) in [5.74, 6) is 0.903. The van der Waals surface area contributed by atoms with Crippen LogP contribution in [0.1, 0.15) is 41.6 Å². The first-order valence-electron chi connectivity index (χ1n) is 9.22. The summed E-state index contributed by atoms with van der Waals surface area (Å²) in [6.07, 6.45) is 2.40. The van der Waals surface area contributed by atoms with E-state index < -0.39 is 0 Å². The molecule has 2 aromatic rings.